The van der Waals surface area contributed by atoms with Crippen LogP contribution >= 0.6 is 0 Å². The van der Waals surface area contributed by atoms with Crippen molar-refractivity contribution in [3.63, 3.8) is 0 Å². The Labute approximate surface area is 88.7 Å². The lowest BCUT2D eigenvalue weighted by Gasteiger charge is -2.12. The van der Waals surface area contributed by atoms with Crippen LogP contribution in [0.25, 0.3) is 0 Å². The SMILES string of the molecule is C=C(C)C(=O)NCC(C)OC(=O)CC#N. The third-order valence-corrected chi connectivity index (χ3v) is 1.49. The van der Waals surface area contributed by atoms with Crippen molar-refractivity contribution in [3.05, 3.63) is 12.2 Å². The van der Waals surface area contributed by atoms with E-state index >= 15 is 0 Å². The van der Waals surface area contributed by atoms with Crippen molar-refractivity contribution in [2.45, 2.75) is 26.4 Å². The monoisotopic (exact) mass is 210 g/mol. The van der Waals surface area contributed by atoms with E-state index in [-0.39, 0.29) is 18.9 Å². The van der Waals surface area contributed by atoms with E-state index in [4.69, 9.17) is 10.00 Å². The van der Waals surface area contributed by atoms with Crippen LogP contribution in [0.5, 0.6) is 0 Å². The Morgan fingerprint density at radius 3 is 2.67 bits per heavy atom. The van der Waals surface area contributed by atoms with Crippen molar-refractivity contribution in [1.29, 1.82) is 5.26 Å². The van der Waals surface area contributed by atoms with E-state index in [1.807, 2.05) is 0 Å². The molecule has 0 rings (SSSR count). The third-order valence-electron chi connectivity index (χ3n) is 1.49. The first-order valence-electron chi connectivity index (χ1n) is 4.47. The minimum atomic E-state index is -0.588. The van der Waals surface area contributed by atoms with Gasteiger partial charge >= 0.3 is 5.97 Å². The Bertz CT molecular complexity index is 304. The molecule has 1 N–H and O–H groups in total. The van der Waals surface area contributed by atoms with Crippen LogP contribution in [0.4, 0.5) is 0 Å². The van der Waals surface area contributed by atoms with Gasteiger partial charge in [0.15, 0.2) is 0 Å². The minimum Gasteiger partial charge on any atom is -0.460 e. The number of esters is 1. The first kappa shape index (κ1) is 13.2. The molecular weight excluding hydrogens is 196 g/mol. The molecule has 1 atom stereocenters. The maximum absolute atomic E-state index is 11.1. The van der Waals surface area contributed by atoms with Gasteiger partial charge < -0.3 is 10.1 Å². The number of carbonyl (C=O) groups excluding carboxylic acids is 2. The van der Waals surface area contributed by atoms with Gasteiger partial charge in [-0.3, -0.25) is 9.59 Å². The number of rotatable bonds is 5. The number of nitrogens with zero attached hydrogens (tertiary/aromatic N) is 1. The molecule has 5 heteroatoms. The van der Waals surface area contributed by atoms with Crippen LogP contribution in [0.1, 0.15) is 20.3 Å². The number of hydrogen-bond donors (Lipinski definition) is 1. The largest absolute Gasteiger partial charge is 0.460 e. The van der Waals surface area contributed by atoms with E-state index in [2.05, 4.69) is 11.9 Å². The Morgan fingerprint density at radius 2 is 2.20 bits per heavy atom. The lowest BCUT2D eigenvalue weighted by Crippen LogP contribution is -2.33. The highest BCUT2D eigenvalue weighted by molar-refractivity contribution is 5.92. The average molecular weight is 210 g/mol. The van der Waals surface area contributed by atoms with Crippen LogP contribution in [0.3, 0.4) is 0 Å². The fraction of sp³-hybridized carbons (Fsp3) is 0.500. The summed E-state index contributed by atoms with van der Waals surface area (Å²) < 4.78 is 4.82. The molecule has 1 unspecified atom stereocenters. The Morgan fingerprint density at radius 1 is 1.60 bits per heavy atom. The van der Waals surface area contributed by atoms with Gasteiger partial charge in [0.05, 0.1) is 12.6 Å². The number of ether oxygens (including phenoxy) is 1. The Hall–Kier alpha value is -1.83. The van der Waals surface area contributed by atoms with E-state index in [0.717, 1.165) is 0 Å². The number of carbonyl (C=O) groups is 2. The second-order valence-electron chi connectivity index (χ2n) is 3.13. The van der Waals surface area contributed by atoms with Gasteiger partial charge in [-0.2, -0.15) is 5.26 Å². The molecule has 0 aromatic rings. The predicted molar refractivity (Wildman–Crippen MR) is 53.6 cm³/mol. The normalized spacial score (nSPS) is 11.0. The number of nitrogens with one attached hydrogen (secondary N) is 1. The molecule has 0 saturated carbocycles. The molecule has 5 nitrogen and oxygen atoms in total. The van der Waals surface area contributed by atoms with Gasteiger partial charge in [0.2, 0.25) is 5.91 Å². The fourth-order valence-corrected chi connectivity index (χ4v) is 0.760. The maximum Gasteiger partial charge on any atom is 0.320 e. The van der Waals surface area contributed by atoms with Crippen molar-refractivity contribution >= 4 is 11.9 Å². The molecular formula is C10H14N2O3. The highest BCUT2D eigenvalue weighted by Crippen LogP contribution is 1.94. The van der Waals surface area contributed by atoms with Crippen molar-refractivity contribution in [3.8, 4) is 6.07 Å². The van der Waals surface area contributed by atoms with Gasteiger partial charge in [-0.25, -0.2) is 0 Å². The molecule has 0 aliphatic rings. The van der Waals surface area contributed by atoms with Crippen molar-refractivity contribution in [1.82, 2.24) is 5.32 Å². The summed E-state index contributed by atoms with van der Waals surface area (Å²) in [4.78, 5) is 21.9. The van der Waals surface area contributed by atoms with Crippen LogP contribution in [-0.2, 0) is 14.3 Å². The summed E-state index contributed by atoms with van der Waals surface area (Å²) in [6, 6.07) is 1.68. The Balaban J connectivity index is 3.81. The zero-order chi connectivity index (χ0) is 11.8. The number of nitriles is 1. The van der Waals surface area contributed by atoms with Crippen LogP contribution in [0.2, 0.25) is 0 Å². The molecule has 0 spiro atoms. The molecule has 0 aromatic heterocycles. The maximum atomic E-state index is 11.1. The lowest BCUT2D eigenvalue weighted by molar-refractivity contribution is -0.147. The van der Waals surface area contributed by atoms with E-state index < -0.39 is 12.1 Å². The standard InChI is InChI=1S/C10H14N2O3/c1-7(2)10(14)12-6-8(3)15-9(13)4-5-11/h8H,1,4,6H2,2-3H3,(H,12,14). The summed E-state index contributed by atoms with van der Waals surface area (Å²) in [6.07, 6.45) is -0.729. The zero-order valence-corrected chi connectivity index (χ0v) is 8.87. The van der Waals surface area contributed by atoms with Crippen LogP contribution in [0, 0.1) is 11.3 Å². The quantitative estimate of drug-likeness (QED) is 0.530. The summed E-state index contributed by atoms with van der Waals surface area (Å²) in [5.41, 5.74) is 0.394. The summed E-state index contributed by atoms with van der Waals surface area (Å²) >= 11 is 0. The summed E-state index contributed by atoms with van der Waals surface area (Å²) in [5, 5.41) is 10.7. The lowest BCUT2D eigenvalue weighted by atomic mass is 10.3. The van der Waals surface area contributed by atoms with Crippen molar-refractivity contribution < 1.29 is 14.3 Å². The first-order chi connectivity index (χ1) is 6.97. The molecule has 0 aromatic carbocycles. The first-order valence-corrected chi connectivity index (χ1v) is 4.47. The third kappa shape index (κ3) is 6.27. The van der Waals surface area contributed by atoms with Crippen LogP contribution < -0.4 is 5.32 Å². The molecule has 15 heavy (non-hydrogen) atoms. The van der Waals surface area contributed by atoms with E-state index in [9.17, 15) is 9.59 Å². The minimum absolute atomic E-state index is 0.211. The topological polar surface area (TPSA) is 79.2 Å². The summed E-state index contributed by atoms with van der Waals surface area (Å²) in [5.74, 6) is -0.868. The van der Waals surface area contributed by atoms with Gasteiger partial charge in [-0.05, 0) is 13.8 Å². The average Bonchev–Trinajstić information content (AvgIpc) is 2.14. The fourth-order valence-electron chi connectivity index (χ4n) is 0.760. The smallest absolute Gasteiger partial charge is 0.320 e. The second kappa shape index (κ2) is 6.60. The predicted octanol–water partition coefficient (Wildman–Crippen LogP) is 0.524. The van der Waals surface area contributed by atoms with Crippen molar-refractivity contribution in [2.24, 2.45) is 0 Å². The number of amides is 1. The number of hydrogen-bond acceptors (Lipinski definition) is 4. The zero-order valence-electron chi connectivity index (χ0n) is 8.87. The molecule has 0 saturated heterocycles. The summed E-state index contributed by atoms with van der Waals surface area (Å²) in [7, 11) is 0. The van der Waals surface area contributed by atoms with E-state index in [1.165, 1.54) is 0 Å². The highest BCUT2D eigenvalue weighted by Gasteiger charge is 2.10. The second-order valence-corrected chi connectivity index (χ2v) is 3.13. The molecule has 0 bridgehead atoms. The van der Waals surface area contributed by atoms with Gasteiger partial charge in [-0.1, -0.05) is 6.58 Å². The van der Waals surface area contributed by atoms with Crippen molar-refractivity contribution in [2.75, 3.05) is 6.54 Å². The van der Waals surface area contributed by atoms with Gasteiger partial charge in [0.1, 0.15) is 12.5 Å². The molecule has 0 heterocycles. The Kier molecular flexibility index (Phi) is 5.79. The molecule has 0 aliphatic carbocycles. The molecule has 82 valence electrons. The van der Waals surface area contributed by atoms with Gasteiger partial charge in [0, 0.05) is 5.57 Å². The summed E-state index contributed by atoms with van der Waals surface area (Å²) in [6.45, 7) is 6.89. The van der Waals surface area contributed by atoms with E-state index in [1.54, 1.807) is 19.9 Å². The molecule has 0 fully saturated rings. The van der Waals surface area contributed by atoms with E-state index in [0.29, 0.717) is 5.57 Å². The molecule has 1 amide bonds. The van der Waals surface area contributed by atoms with Gasteiger partial charge in [0.25, 0.3) is 0 Å². The highest BCUT2D eigenvalue weighted by atomic mass is 16.5. The van der Waals surface area contributed by atoms with Gasteiger partial charge in [-0.15, -0.1) is 0 Å². The van der Waals surface area contributed by atoms with Crippen LogP contribution in [-0.4, -0.2) is 24.5 Å². The molecule has 0 aliphatic heterocycles. The van der Waals surface area contributed by atoms with Crippen LogP contribution in [0.15, 0.2) is 12.2 Å². The molecule has 0 radical (unpaired) electrons.